The maximum absolute atomic E-state index is 11.9. The Morgan fingerprint density at radius 3 is 2.56 bits per heavy atom. The second-order valence-corrected chi connectivity index (χ2v) is 6.52. The zero-order valence-electron chi connectivity index (χ0n) is 13.5. The van der Waals surface area contributed by atoms with Gasteiger partial charge in [0.2, 0.25) is 5.91 Å². The number of hydrogen-bond donors (Lipinski definition) is 2. The van der Waals surface area contributed by atoms with Gasteiger partial charge in [-0.3, -0.25) is 9.59 Å². The molecule has 2 amide bonds. The molecule has 2 aromatic heterocycles. The van der Waals surface area contributed by atoms with E-state index in [4.69, 9.17) is 4.42 Å². The molecule has 0 saturated heterocycles. The van der Waals surface area contributed by atoms with Crippen molar-refractivity contribution >= 4 is 28.8 Å². The third kappa shape index (κ3) is 5.06. The normalized spacial score (nSPS) is 10.4. The van der Waals surface area contributed by atoms with E-state index >= 15 is 0 Å². The number of rotatable bonds is 7. The van der Waals surface area contributed by atoms with Crippen molar-refractivity contribution in [2.45, 2.75) is 19.4 Å². The lowest BCUT2D eigenvalue weighted by Crippen LogP contribution is -2.22. The third-order valence-electron chi connectivity index (χ3n) is 3.63. The Balaban J connectivity index is 1.44. The number of amides is 2. The first-order valence-corrected chi connectivity index (χ1v) is 8.81. The highest BCUT2D eigenvalue weighted by atomic mass is 32.1. The largest absolute Gasteiger partial charge is 0.459 e. The standard InChI is InChI=1S/C19H18N2O3S/c22-18(10-9-16-3-2-12-25-16)20-13-14-5-7-15(8-6-14)21-19(23)17-4-1-11-24-17/h1-8,11-12H,9-10,13H2,(H,20,22)(H,21,23). The lowest BCUT2D eigenvalue weighted by Gasteiger charge is -2.07. The van der Waals surface area contributed by atoms with Crippen LogP contribution >= 0.6 is 11.3 Å². The number of anilines is 1. The first-order chi connectivity index (χ1) is 12.2. The first-order valence-electron chi connectivity index (χ1n) is 7.93. The quantitative estimate of drug-likeness (QED) is 0.677. The number of thiophene rings is 1. The van der Waals surface area contributed by atoms with E-state index in [0.29, 0.717) is 18.7 Å². The summed E-state index contributed by atoms with van der Waals surface area (Å²) in [5.41, 5.74) is 1.65. The summed E-state index contributed by atoms with van der Waals surface area (Å²) in [4.78, 5) is 25.0. The van der Waals surface area contributed by atoms with Crippen molar-refractivity contribution in [2.75, 3.05) is 5.32 Å². The predicted octanol–water partition coefficient (Wildman–Crippen LogP) is 3.84. The Kier molecular flexibility index (Phi) is 5.64. The van der Waals surface area contributed by atoms with Crippen LogP contribution in [0.15, 0.2) is 64.6 Å². The predicted molar refractivity (Wildman–Crippen MR) is 97.6 cm³/mol. The third-order valence-corrected chi connectivity index (χ3v) is 4.56. The summed E-state index contributed by atoms with van der Waals surface area (Å²) < 4.78 is 5.05. The van der Waals surface area contributed by atoms with Gasteiger partial charge in [-0.15, -0.1) is 11.3 Å². The molecule has 0 spiro atoms. The highest BCUT2D eigenvalue weighted by Crippen LogP contribution is 2.13. The van der Waals surface area contributed by atoms with Gasteiger partial charge in [0, 0.05) is 23.5 Å². The van der Waals surface area contributed by atoms with E-state index < -0.39 is 0 Å². The summed E-state index contributed by atoms with van der Waals surface area (Å²) in [6.45, 7) is 0.468. The molecule has 2 N–H and O–H groups in total. The van der Waals surface area contributed by atoms with Crippen LogP contribution in [0.5, 0.6) is 0 Å². The second-order valence-electron chi connectivity index (χ2n) is 5.48. The zero-order valence-corrected chi connectivity index (χ0v) is 14.3. The van der Waals surface area contributed by atoms with Gasteiger partial charge in [0.1, 0.15) is 0 Å². The summed E-state index contributed by atoms with van der Waals surface area (Å²) in [5.74, 6) is 0.00492. The topological polar surface area (TPSA) is 71.3 Å². The summed E-state index contributed by atoms with van der Waals surface area (Å²) in [6.07, 6.45) is 2.71. The van der Waals surface area contributed by atoms with Crippen LogP contribution in [-0.2, 0) is 17.8 Å². The lowest BCUT2D eigenvalue weighted by molar-refractivity contribution is -0.121. The fourth-order valence-corrected chi connectivity index (χ4v) is 3.00. The number of hydrogen-bond acceptors (Lipinski definition) is 4. The van der Waals surface area contributed by atoms with Gasteiger partial charge in [-0.05, 0) is 47.7 Å². The molecule has 6 heteroatoms. The van der Waals surface area contributed by atoms with Gasteiger partial charge in [-0.25, -0.2) is 0 Å². The number of carbonyl (C=O) groups excluding carboxylic acids is 2. The molecule has 3 rings (SSSR count). The molecule has 0 atom stereocenters. The van der Waals surface area contributed by atoms with E-state index in [-0.39, 0.29) is 17.6 Å². The van der Waals surface area contributed by atoms with Crippen molar-refractivity contribution in [1.82, 2.24) is 5.32 Å². The van der Waals surface area contributed by atoms with Gasteiger partial charge in [-0.2, -0.15) is 0 Å². The van der Waals surface area contributed by atoms with Crippen molar-refractivity contribution in [3.05, 3.63) is 76.4 Å². The van der Waals surface area contributed by atoms with Gasteiger partial charge in [0.05, 0.1) is 6.26 Å². The summed E-state index contributed by atoms with van der Waals surface area (Å²) in [6, 6.07) is 14.6. The van der Waals surface area contributed by atoms with Gasteiger partial charge >= 0.3 is 0 Å². The Morgan fingerprint density at radius 1 is 1.04 bits per heavy atom. The zero-order chi connectivity index (χ0) is 17.5. The minimum Gasteiger partial charge on any atom is -0.459 e. The molecule has 0 aliphatic carbocycles. The van der Waals surface area contributed by atoms with Crippen LogP contribution in [0.3, 0.4) is 0 Å². The molecule has 0 radical (unpaired) electrons. The van der Waals surface area contributed by atoms with Crippen molar-refractivity contribution < 1.29 is 14.0 Å². The molecule has 0 bridgehead atoms. The van der Waals surface area contributed by atoms with Crippen LogP contribution in [0.4, 0.5) is 5.69 Å². The molecular weight excluding hydrogens is 336 g/mol. The highest BCUT2D eigenvalue weighted by molar-refractivity contribution is 7.09. The average molecular weight is 354 g/mol. The molecule has 0 aliphatic heterocycles. The Bertz CT molecular complexity index is 809. The maximum Gasteiger partial charge on any atom is 0.291 e. The average Bonchev–Trinajstić information content (AvgIpc) is 3.33. The van der Waals surface area contributed by atoms with Gasteiger partial charge in [0.15, 0.2) is 5.76 Å². The Hall–Kier alpha value is -2.86. The molecule has 128 valence electrons. The fraction of sp³-hybridized carbons (Fsp3) is 0.158. The Labute approximate surface area is 149 Å². The minimum absolute atomic E-state index is 0.0311. The molecule has 0 fully saturated rings. The van der Waals surface area contributed by atoms with E-state index in [1.54, 1.807) is 35.6 Å². The maximum atomic E-state index is 11.9. The number of furan rings is 1. The summed E-state index contributed by atoms with van der Waals surface area (Å²) >= 11 is 1.66. The molecular formula is C19H18N2O3S. The van der Waals surface area contributed by atoms with E-state index in [1.807, 2.05) is 29.6 Å². The lowest BCUT2D eigenvalue weighted by atomic mass is 10.2. The monoisotopic (exact) mass is 354 g/mol. The molecule has 1 aromatic carbocycles. The van der Waals surface area contributed by atoms with Crippen molar-refractivity contribution in [3.8, 4) is 0 Å². The highest BCUT2D eigenvalue weighted by Gasteiger charge is 2.08. The molecule has 25 heavy (non-hydrogen) atoms. The van der Waals surface area contributed by atoms with Crippen LogP contribution in [0, 0.1) is 0 Å². The molecule has 0 aliphatic rings. The van der Waals surface area contributed by atoms with Crippen molar-refractivity contribution in [2.24, 2.45) is 0 Å². The molecule has 0 saturated carbocycles. The van der Waals surface area contributed by atoms with E-state index in [1.165, 1.54) is 11.1 Å². The van der Waals surface area contributed by atoms with Crippen molar-refractivity contribution in [3.63, 3.8) is 0 Å². The molecule has 0 unspecified atom stereocenters. The van der Waals surface area contributed by atoms with E-state index in [9.17, 15) is 9.59 Å². The molecule has 2 heterocycles. The van der Waals surface area contributed by atoms with Gasteiger partial charge < -0.3 is 15.1 Å². The Morgan fingerprint density at radius 2 is 1.88 bits per heavy atom. The number of benzene rings is 1. The van der Waals surface area contributed by atoms with E-state index in [0.717, 1.165) is 12.0 Å². The second kappa shape index (κ2) is 8.30. The number of carbonyl (C=O) groups is 2. The van der Waals surface area contributed by atoms with E-state index in [2.05, 4.69) is 10.6 Å². The van der Waals surface area contributed by atoms with Crippen LogP contribution in [0.25, 0.3) is 0 Å². The number of aryl methyl sites for hydroxylation is 1. The smallest absolute Gasteiger partial charge is 0.291 e. The molecule has 5 nitrogen and oxygen atoms in total. The number of nitrogens with one attached hydrogen (secondary N) is 2. The van der Waals surface area contributed by atoms with Crippen LogP contribution in [0.1, 0.15) is 27.4 Å². The van der Waals surface area contributed by atoms with Crippen molar-refractivity contribution in [1.29, 1.82) is 0 Å². The van der Waals surface area contributed by atoms with Gasteiger partial charge in [-0.1, -0.05) is 18.2 Å². The fourth-order valence-electron chi connectivity index (χ4n) is 2.29. The minimum atomic E-state index is -0.292. The summed E-state index contributed by atoms with van der Waals surface area (Å²) in [5, 5.41) is 7.67. The van der Waals surface area contributed by atoms with Crippen LogP contribution in [0.2, 0.25) is 0 Å². The van der Waals surface area contributed by atoms with Crippen LogP contribution < -0.4 is 10.6 Å². The molecule has 3 aromatic rings. The summed E-state index contributed by atoms with van der Waals surface area (Å²) in [7, 11) is 0. The first kappa shape index (κ1) is 17.0. The van der Waals surface area contributed by atoms with Crippen LogP contribution in [-0.4, -0.2) is 11.8 Å². The van der Waals surface area contributed by atoms with Gasteiger partial charge in [0.25, 0.3) is 5.91 Å². The SMILES string of the molecule is O=C(CCc1cccs1)NCc1ccc(NC(=O)c2ccco2)cc1.